The van der Waals surface area contributed by atoms with Crippen LogP contribution in [0, 0.1) is 11.8 Å². The molecule has 1 rings (SSSR count). The molecular weight excluding hydrogens is 248 g/mol. The van der Waals surface area contributed by atoms with Gasteiger partial charge in [0.1, 0.15) is 5.75 Å². The van der Waals surface area contributed by atoms with Gasteiger partial charge in [-0.25, -0.2) is 0 Å². The normalized spacial score (nSPS) is 13.2. The van der Waals surface area contributed by atoms with Crippen molar-refractivity contribution in [1.82, 2.24) is 4.90 Å². The van der Waals surface area contributed by atoms with Gasteiger partial charge < -0.3 is 10.5 Å². The largest absolute Gasteiger partial charge is 0.496 e. The predicted molar refractivity (Wildman–Crippen MR) is 86.0 cm³/mol. The Morgan fingerprint density at radius 3 is 2.05 bits per heavy atom. The monoisotopic (exact) mass is 278 g/mol. The number of nitrogens with two attached hydrogens (primary N) is 1. The van der Waals surface area contributed by atoms with Gasteiger partial charge in [-0.2, -0.15) is 0 Å². The first kappa shape index (κ1) is 17.0. The summed E-state index contributed by atoms with van der Waals surface area (Å²) in [5.74, 6) is 2.18. The highest BCUT2D eigenvalue weighted by Crippen LogP contribution is 2.29. The van der Waals surface area contributed by atoms with Gasteiger partial charge >= 0.3 is 0 Å². The first-order valence-electron chi connectivity index (χ1n) is 7.56. The van der Waals surface area contributed by atoms with E-state index in [9.17, 15) is 0 Å². The lowest BCUT2D eigenvalue weighted by Gasteiger charge is -2.34. The Balaban J connectivity index is 3.04. The quantitative estimate of drug-likeness (QED) is 0.793. The number of nitrogens with zero attached hydrogens (tertiary/aromatic N) is 1. The second-order valence-electron chi connectivity index (χ2n) is 6.24. The minimum atomic E-state index is 0.218. The standard InChI is InChI=1S/C17H30N2O/c1-13(2)11-19(12-14(3)4)16(10-18)15-8-6-7-9-17(15)20-5/h6-9,13-14,16H,10-12,18H2,1-5H3. The molecule has 3 heteroatoms. The number of benzene rings is 1. The topological polar surface area (TPSA) is 38.5 Å². The Kier molecular flexibility index (Phi) is 7.03. The summed E-state index contributed by atoms with van der Waals surface area (Å²) in [4.78, 5) is 2.49. The van der Waals surface area contributed by atoms with Crippen LogP contribution in [0.25, 0.3) is 0 Å². The van der Waals surface area contributed by atoms with Crippen LogP contribution in [0.4, 0.5) is 0 Å². The van der Waals surface area contributed by atoms with Crippen molar-refractivity contribution in [3.8, 4) is 5.75 Å². The molecule has 20 heavy (non-hydrogen) atoms. The Morgan fingerprint density at radius 1 is 1.05 bits per heavy atom. The number of para-hydroxylation sites is 1. The highest BCUT2D eigenvalue weighted by atomic mass is 16.5. The highest BCUT2D eigenvalue weighted by molar-refractivity contribution is 5.36. The van der Waals surface area contributed by atoms with Gasteiger partial charge in [-0.3, -0.25) is 4.90 Å². The molecule has 3 nitrogen and oxygen atoms in total. The molecule has 2 N–H and O–H groups in total. The van der Waals surface area contributed by atoms with Crippen molar-refractivity contribution >= 4 is 0 Å². The zero-order valence-corrected chi connectivity index (χ0v) is 13.6. The Labute approximate surface area is 124 Å². The number of methoxy groups -OCH3 is 1. The van der Waals surface area contributed by atoms with Crippen molar-refractivity contribution in [2.24, 2.45) is 17.6 Å². The summed E-state index contributed by atoms with van der Waals surface area (Å²) in [5, 5.41) is 0. The molecular formula is C17H30N2O. The van der Waals surface area contributed by atoms with Crippen LogP contribution >= 0.6 is 0 Å². The summed E-state index contributed by atoms with van der Waals surface area (Å²) >= 11 is 0. The summed E-state index contributed by atoms with van der Waals surface area (Å²) < 4.78 is 5.51. The molecule has 1 atom stereocenters. The van der Waals surface area contributed by atoms with Crippen molar-refractivity contribution in [2.45, 2.75) is 33.7 Å². The molecule has 0 fully saturated rings. The van der Waals surface area contributed by atoms with E-state index in [1.807, 2.05) is 12.1 Å². The maximum absolute atomic E-state index is 6.08. The number of hydrogen-bond acceptors (Lipinski definition) is 3. The van der Waals surface area contributed by atoms with E-state index < -0.39 is 0 Å². The molecule has 0 heterocycles. The Bertz CT molecular complexity index is 380. The second kappa shape index (κ2) is 8.28. The summed E-state index contributed by atoms with van der Waals surface area (Å²) in [5.41, 5.74) is 7.28. The fourth-order valence-corrected chi connectivity index (χ4v) is 2.68. The van der Waals surface area contributed by atoms with E-state index in [0.717, 1.165) is 18.8 Å². The zero-order chi connectivity index (χ0) is 15.1. The van der Waals surface area contributed by atoms with E-state index in [4.69, 9.17) is 10.5 Å². The summed E-state index contributed by atoms with van der Waals surface area (Å²) in [6, 6.07) is 8.43. The molecule has 0 radical (unpaired) electrons. The Hall–Kier alpha value is -1.06. The van der Waals surface area contributed by atoms with Crippen LogP contribution in [-0.2, 0) is 0 Å². The van der Waals surface area contributed by atoms with Gasteiger partial charge in [-0.1, -0.05) is 45.9 Å². The van der Waals surface area contributed by atoms with Gasteiger partial charge in [0.2, 0.25) is 0 Å². The molecule has 0 aliphatic rings. The molecule has 0 aliphatic carbocycles. The van der Waals surface area contributed by atoms with Gasteiger partial charge in [0.25, 0.3) is 0 Å². The van der Waals surface area contributed by atoms with Gasteiger partial charge in [0.15, 0.2) is 0 Å². The van der Waals surface area contributed by atoms with Crippen LogP contribution < -0.4 is 10.5 Å². The minimum absolute atomic E-state index is 0.218. The predicted octanol–water partition coefficient (Wildman–Crippen LogP) is 3.31. The van der Waals surface area contributed by atoms with E-state index in [-0.39, 0.29) is 6.04 Å². The molecule has 0 aliphatic heterocycles. The molecule has 0 spiro atoms. The van der Waals surface area contributed by atoms with Crippen LogP contribution in [0.5, 0.6) is 5.75 Å². The van der Waals surface area contributed by atoms with Crippen molar-refractivity contribution in [3.05, 3.63) is 29.8 Å². The summed E-state index contributed by atoms with van der Waals surface area (Å²) in [6.07, 6.45) is 0. The highest BCUT2D eigenvalue weighted by Gasteiger charge is 2.23. The van der Waals surface area contributed by atoms with Crippen molar-refractivity contribution < 1.29 is 4.74 Å². The van der Waals surface area contributed by atoms with E-state index in [1.165, 1.54) is 5.56 Å². The van der Waals surface area contributed by atoms with Gasteiger partial charge in [-0.05, 0) is 17.9 Å². The molecule has 1 aromatic carbocycles. The summed E-state index contributed by atoms with van der Waals surface area (Å²) in [7, 11) is 1.72. The van der Waals surface area contributed by atoms with Gasteiger partial charge in [0, 0.05) is 25.2 Å². The number of rotatable bonds is 8. The lowest BCUT2D eigenvalue weighted by atomic mass is 10.0. The molecule has 0 aromatic heterocycles. The average Bonchev–Trinajstić information content (AvgIpc) is 2.38. The van der Waals surface area contributed by atoms with E-state index in [1.54, 1.807) is 7.11 Å². The smallest absolute Gasteiger partial charge is 0.123 e. The SMILES string of the molecule is COc1ccccc1C(CN)N(CC(C)C)CC(C)C. The second-order valence-corrected chi connectivity index (χ2v) is 6.24. The molecule has 114 valence electrons. The van der Waals surface area contributed by atoms with Crippen molar-refractivity contribution in [2.75, 3.05) is 26.7 Å². The Morgan fingerprint density at radius 2 is 1.60 bits per heavy atom. The first-order chi connectivity index (χ1) is 9.49. The fourth-order valence-electron chi connectivity index (χ4n) is 2.68. The third-order valence-electron chi connectivity index (χ3n) is 3.36. The van der Waals surface area contributed by atoms with E-state index in [0.29, 0.717) is 18.4 Å². The molecule has 1 unspecified atom stereocenters. The molecule has 0 saturated heterocycles. The average molecular weight is 278 g/mol. The zero-order valence-electron chi connectivity index (χ0n) is 13.6. The van der Waals surface area contributed by atoms with Crippen molar-refractivity contribution in [1.29, 1.82) is 0 Å². The van der Waals surface area contributed by atoms with Crippen molar-refractivity contribution in [3.63, 3.8) is 0 Å². The minimum Gasteiger partial charge on any atom is -0.496 e. The van der Waals surface area contributed by atoms with Crippen LogP contribution in [-0.4, -0.2) is 31.6 Å². The van der Waals surface area contributed by atoms with Crippen LogP contribution in [0.3, 0.4) is 0 Å². The molecule has 0 saturated carbocycles. The fraction of sp³-hybridized carbons (Fsp3) is 0.647. The summed E-state index contributed by atoms with van der Waals surface area (Å²) in [6.45, 7) is 11.7. The third-order valence-corrected chi connectivity index (χ3v) is 3.36. The van der Waals surface area contributed by atoms with E-state index >= 15 is 0 Å². The maximum atomic E-state index is 6.08. The lowest BCUT2D eigenvalue weighted by molar-refractivity contribution is 0.157. The van der Waals surface area contributed by atoms with Crippen LogP contribution in [0.15, 0.2) is 24.3 Å². The number of ether oxygens (including phenoxy) is 1. The lowest BCUT2D eigenvalue weighted by Crippen LogP contribution is -2.38. The first-order valence-corrected chi connectivity index (χ1v) is 7.56. The van der Waals surface area contributed by atoms with Crippen LogP contribution in [0.2, 0.25) is 0 Å². The van der Waals surface area contributed by atoms with Gasteiger partial charge in [-0.15, -0.1) is 0 Å². The van der Waals surface area contributed by atoms with Gasteiger partial charge in [0.05, 0.1) is 13.2 Å². The maximum Gasteiger partial charge on any atom is 0.123 e. The number of hydrogen-bond donors (Lipinski definition) is 1. The van der Waals surface area contributed by atoms with E-state index in [2.05, 4.69) is 44.7 Å². The molecule has 0 bridgehead atoms. The molecule has 1 aromatic rings. The molecule has 0 amide bonds. The third kappa shape index (κ3) is 4.80. The van der Waals surface area contributed by atoms with Crippen LogP contribution in [0.1, 0.15) is 39.3 Å².